The van der Waals surface area contributed by atoms with Gasteiger partial charge in [0.15, 0.2) is 0 Å². The van der Waals surface area contributed by atoms with Gasteiger partial charge in [0.1, 0.15) is 0 Å². The zero-order chi connectivity index (χ0) is 13.9. The van der Waals surface area contributed by atoms with Crippen molar-refractivity contribution in [2.75, 3.05) is 20.1 Å². The first kappa shape index (κ1) is 15.7. The van der Waals surface area contributed by atoms with Gasteiger partial charge in [-0.15, -0.1) is 0 Å². The van der Waals surface area contributed by atoms with Gasteiger partial charge in [0.2, 0.25) is 5.91 Å². The Bertz CT molecular complexity index is 351. The van der Waals surface area contributed by atoms with Crippen LogP contribution in [-0.2, 0) is 11.2 Å². The largest absolute Gasteiger partial charge is 0.356 e. The SMILES string of the molecule is CNCCCCCNC(=O)C(C)Cc1ccccc1. The van der Waals surface area contributed by atoms with Crippen LogP contribution in [0, 0.1) is 5.92 Å². The highest BCUT2D eigenvalue weighted by Gasteiger charge is 2.12. The third-order valence-corrected chi connectivity index (χ3v) is 3.24. The highest BCUT2D eigenvalue weighted by molar-refractivity contribution is 5.78. The lowest BCUT2D eigenvalue weighted by molar-refractivity contribution is -0.124. The lowest BCUT2D eigenvalue weighted by Gasteiger charge is -2.12. The summed E-state index contributed by atoms with van der Waals surface area (Å²) in [6.45, 7) is 3.84. The summed E-state index contributed by atoms with van der Waals surface area (Å²) in [6, 6.07) is 10.2. The van der Waals surface area contributed by atoms with Crippen LogP contribution in [0.5, 0.6) is 0 Å². The maximum absolute atomic E-state index is 11.9. The van der Waals surface area contributed by atoms with Crippen LogP contribution in [0.2, 0.25) is 0 Å². The normalized spacial score (nSPS) is 12.1. The molecule has 3 heteroatoms. The van der Waals surface area contributed by atoms with E-state index in [-0.39, 0.29) is 11.8 Å². The highest BCUT2D eigenvalue weighted by Crippen LogP contribution is 2.08. The Balaban J connectivity index is 2.15. The summed E-state index contributed by atoms with van der Waals surface area (Å²) in [5.74, 6) is 0.206. The van der Waals surface area contributed by atoms with E-state index in [4.69, 9.17) is 0 Å². The average molecular weight is 262 g/mol. The molecule has 0 heterocycles. The third-order valence-electron chi connectivity index (χ3n) is 3.24. The molecule has 0 fully saturated rings. The summed E-state index contributed by atoms with van der Waals surface area (Å²) in [7, 11) is 1.97. The molecule has 1 atom stereocenters. The van der Waals surface area contributed by atoms with Gasteiger partial charge in [-0.25, -0.2) is 0 Å². The van der Waals surface area contributed by atoms with Crippen molar-refractivity contribution in [3.63, 3.8) is 0 Å². The standard InChI is InChI=1S/C16H26N2O/c1-14(13-15-9-5-3-6-10-15)16(19)18-12-8-4-7-11-17-2/h3,5-6,9-10,14,17H,4,7-8,11-13H2,1-2H3,(H,18,19). The topological polar surface area (TPSA) is 41.1 Å². The first-order valence-corrected chi connectivity index (χ1v) is 7.20. The molecule has 0 saturated carbocycles. The molecule has 1 unspecified atom stereocenters. The summed E-state index contributed by atoms with van der Waals surface area (Å²) in [6.07, 6.45) is 4.21. The lowest BCUT2D eigenvalue weighted by atomic mass is 10.0. The molecule has 3 nitrogen and oxygen atoms in total. The molecule has 1 amide bonds. The first-order valence-electron chi connectivity index (χ1n) is 7.20. The molecule has 106 valence electrons. The second kappa shape index (κ2) is 9.56. The number of hydrogen-bond donors (Lipinski definition) is 2. The van der Waals surface area contributed by atoms with E-state index in [1.165, 1.54) is 12.0 Å². The predicted molar refractivity (Wildman–Crippen MR) is 80.1 cm³/mol. The Morgan fingerprint density at radius 3 is 2.47 bits per heavy atom. The van der Waals surface area contributed by atoms with Crippen LogP contribution in [-0.4, -0.2) is 26.0 Å². The molecular weight excluding hydrogens is 236 g/mol. The fraction of sp³-hybridized carbons (Fsp3) is 0.562. The van der Waals surface area contributed by atoms with Gasteiger partial charge in [-0.2, -0.15) is 0 Å². The number of carbonyl (C=O) groups is 1. The Kier molecular flexibility index (Phi) is 7.91. The minimum Gasteiger partial charge on any atom is -0.356 e. The van der Waals surface area contributed by atoms with E-state index >= 15 is 0 Å². The number of hydrogen-bond acceptors (Lipinski definition) is 2. The van der Waals surface area contributed by atoms with E-state index in [0.29, 0.717) is 0 Å². The number of amides is 1. The summed E-state index contributed by atoms with van der Waals surface area (Å²) >= 11 is 0. The Morgan fingerprint density at radius 1 is 1.11 bits per heavy atom. The van der Waals surface area contributed by atoms with E-state index in [1.54, 1.807) is 0 Å². The van der Waals surface area contributed by atoms with Crippen molar-refractivity contribution in [1.82, 2.24) is 10.6 Å². The molecular formula is C16H26N2O. The van der Waals surface area contributed by atoms with E-state index in [0.717, 1.165) is 32.4 Å². The van der Waals surface area contributed by atoms with Gasteiger partial charge in [0.05, 0.1) is 0 Å². The Labute approximate surface area is 116 Å². The molecule has 19 heavy (non-hydrogen) atoms. The smallest absolute Gasteiger partial charge is 0.223 e. The second-order valence-corrected chi connectivity index (χ2v) is 5.05. The highest BCUT2D eigenvalue weighted by atomic mass is 16.1. The molecule has 0 aromatic heterocycles. The molecule has 0 bridgehead atoms. The maximum Gasteiger partial charge on any atom is 0.223 e. The fourth-order valence-electron chi connectivity index (χ4n) is 2.05. The molecule has 0 aliphatic heterocycles. The number of carbonyl (C=O) groups excluding carboxylic acids is 1. The monoisotopic (exact) mass is 262 g/mol. The van der Waals surface area contributed by atoms with Gasteiger partial charge in [-0.1, -0.05) is 43.7 Å². The van der Waals surface area contributed by atoms with Crippen molar-refractivity contribution in [3.05, 3.63) is 35.9 Å². The van der Waals surface area contributed by atoms with E-state index in [1.807, 2.05) is 32.2 Å². The number of benzene rings is 1. The molecule has 1 aromatic carbocycles. The van der Waals surface area contributed by atoms with Crippen LogP contribution in [0.15, 0.2) is 30.3 Å². The molecule has 0 aliphatic rings. The van der Waals surface area contributed by atoms with Gasteiger partial charge < -0.3 is 10.6 Å². The molecule has 0 aliphatic carbocycles. The van der Waals surface area contributed by atoms with E-state index in [2.05, 4.69) is 22.8 Å². The van der Waals surface area contributed by atoms with Crippen LogP contribution in [0.1, 0.15) is 31.7 Å². The summed E-state index contributed by atoms with van der Waals surface area (Å²) in [5, 5.41) is 6.15. The van der Waals surface area contributed by atoms with Crippen LogP contribution >= 0.6 is 0 Å². The first-order chi connectivity index (χ1) is 9.24. The number of rotatable bonds is 9. The third kappa shape index (κ3) is 6.97. The fourth-order valence-corrected chi connectivity index (χ4v) is 2.05. The van der Waals surface area contributed by atoms with Crippen molar-refractivity contribution < 1.29 is 4.79 Å². The number of nitrogens with one attached hydrogen (secondary N) is 2. The van der Waals surface area contributed by atoms with Gasteiger partial charge in [-0.05, 0) is 38.4 Å². The summed E-state index contributed by atoms with van der Waals surface area (Å²) in [4.78, 5) is 11.9. The molecule has 0 saturated heterocycles. The Hall–Kier alpha value is -1.35. The number of unbranched alkanes of at least 4 members (excludes halogenated alkanes) is 2. The van der Waals surface area contributed by atoms with Crippen molar-refractivity contribution in [1.29, 1.82) is 0 Å². The van der Waals surface area contributed by atoms with Crippen molar-refractivity contribution in [2.24, 2.45) is 5.92 Å². The zero-order valence-electron chi connectivity index (χ0n) is 12.1. The van der Waals surface area contributed by atoms with Crippen molar-refractivity contribution >= 4 is 5.91 Å². The van der Waals surface area contributed by atoms with Crippen molar-refractivity contribution in [3.8, 4) is 0 Å². The van der Waals surface area contributed by atoms with Crippen LogP contribution < -0.4 is 10.6 Å². The van der Waals surface area contributed by atoms with Crippen LogP contribution in [0.3, 0.4) is 0 Å². The average Bonchev–Trinajstić information content (AvgIpc) is 2.43. The minimum atomic E-state index is 0.0414. The van der Waals surface area contributed by atoms with Gasteiger partial charge in [0, 0.05) is 12.5 Å². The van der Waals surface area contributed by atoms with E-state index < -0.39 is 0 Å². The molecule has 1 rings (SSSR count). The Morgan fingerprint density at radius 2 is 1.79 bits per heavy atom. The minimum absolute atomic E-state index is 0.0414. The quantitative estimate of drug-likeness (QED) is 0.671. The van der Waals surface area contributed by atoms with Gasteiger partial charge in [0.25, 0.3) is 0 Å². The molecule has 1 aromatic rings. The zero-order valence-corrected chi connectivity index (χ0v) is 12.1. The maximum atomic E-state index is 11.9. The summed E-state index contributed by atoms with van der Waals surface area (Å²) in [5.41, 5.74) is 1.22. The molecule has 0 spiro atoms. The lowest BCUT2D eigenvalue weighted by Crippen LogP contribution is -2.31. The second-order valence-electron chi connectivity index (χ2n) is 5.05. The molecule has 0 radical (unpaired) electrons. The summed E-state index contributed by atoms with van der Waals surface area (Å²) < 4.78 is 0. The van der Waals surface area contributed by atoms with Gasteiger partial charge in [-0.3, -0.25) is 4.79 Å². The van der Waals surface area contributed by atoms with Crippen molar-refractivity contribution in [2.45, 2.75) is 32.6 Å². The van der Waals surface area contributed by atoms with Crippen LogP contribution in [0.4, 0.5) is 0 Å². The van der Waals surface area contributed by atoms with E-state index in [9.17, 15) is 4.79 Å². The van der Waals surface area contributed by atoms with Crippen LogP contribution in [0.25, 0.3) is 0 Å². The molecule has 2 N–H and O–H groups in total. The van der Waals surface area contributed by atoms with Gasteiger partial charge >= 0.3 is 0 Å². The predicted octanol–water partition coefficient (Wildman–Crippen LogP) is 2.37.